The molecule has 1 aromatic rings. The Labute approximate surface area is 140 Å². The van der Waals surface area contributed by atoms with Crippen LogP contribution in [-0.4, -0.2) is 37.5 Å². The van der Waals surface area contributed by atoms with E-state index in [9.17, 15) is 13.2 Å². The lowest BCUT2D eigenvalue weighted by molar-refractivity contribution is -0.120. The maximum atomic E-state index is 12.3. The summed E-state index contributed by atoms with van der Waals surface area (Å²) in [6, 6.07) is 4.82. The lowest BCUT2D eigenvalue weighted by atomic mass is 9.99. The van der Waals surface area contributed by atoms with E-state index >= 15 is 0 Å². The molecule has 0 aliphatic carbocycles. The molecule has 0 spiro atoms. The van der Waals surface area contributed by atoms with Gasteiger partial charge >= 0.3 is 0 Å². The summed E-state index contributed by atoms with van der Waals surface area (Å²) < 4.78 is 25.3. The highest BCUT2D eigenvalue weighted by atomic mass is 35.5. The van der Waals surface area contributed by atoms with Crippen molar-refractivity contribution in [3.8, 4) is 0 Å². The van der Waals surface area contributed by atoms with E-state index in [-0.39, 0.29) is 24.1 Å². The monoisotopic (exact) mass is 364 g/mol. The zero-order chi connectivity index (χ0) is 16.3. The predicted molar refractivity (Wildman–Crippen MR) is 88.8 cm³/mol. The number of anilines is 1. The van der Waals surface area contributed by atoms with E-state index < -0.39 is 10.0 Å². The van der Waals surface area contributed by atoms with Gasteiger partial charge in [0.15, 0.2) is 0 Å². The molecule has 1 N–H and O–H groups in total. The largest absolute Gasteiger partial charge is 0.324 e. The van der Waals surface area contributed by atoms with Crippen molar-refractivity contribution in [2.75, 3.05) is 24.2 Å². The molecule has 1 atom stereocenters. The highest BCUT2D eigenvalue weighted by molar-refractivity contribution is 7.89. The Morgan fingerprint density at radius 3 is 2.77 bits per heavy atom. The summed E-state index contributed by atoms with van der Waals surface area (Å²) in [5, 5.41) is 3.59. The molecule has 1 amide bonds. The Hall–Kier alpha value is -0.820. The van der Waals surface area contributed by atoms with Crippen molar-refractivity contribution in [3.05, 3.63) is 28.2 Å². The van der Waals surface area contributed by atoms with Crippen LogP contribution >= 0.6 is 23.2 Å². The highest BCUT2D eigenvalue weighted by Gasteiger charge is 2.31. The van der Waals surface area contributed by atoms with Crippen molar-refractivity contribution in [3.63, 3.8) is 0 Å². The van der Waals surface area contributed by atoms with Gasteiger partial charge in [-0.2, -0.15) is 0 Å². The first-order valence-corrected chi connectivity index (χ1v) is 9.43. The third-order valence-corrected chi connectivity index (χ3v) is 6.10. The lowest BCUT2D eigenvalue weighted by Gasteiger charge is -2.31. The number of piperidine rings is 1. The van der Waals surface area contributed by atoms with Gasteiger partial charge in [-0.25, -0.2) is 12.7 Å². The molecule has 22 heavy (non-hydrogen) atoms. The van der Waals surface area contributed by atoms with Crippen molar-refractivity contribution in [1.82, 2.24) is 4.31 Å². The molecule has 1 saturated heterocycles. The van der Waals surface area contributed by atoms with Gasteiger partial charge in [0.05, 0.1) is 22.4 Å². The summed E-state index contributed by atoms with van der Waals surface area (Å²) in [5.74, 6) is -0.549. The van der Waals surface area contributed by atoms with Gasteiger partial charge in [0, 0.05) is 18.1 Å². The number of hydrogen-bond acceptors (Lipinski definition) is 3. The fourth-order valence-corrected chi connectivity index (χ4v) is 4.05. The molecule has 2 rings (SSSR count). The minimum atomic E-state index is -3.26. The quantitative estimate of drug-likeness (QED) is 0.892. The minimum Gasteiger partial charge on any atom is -0.324 e. The number of nitrogens with one attached hydrogen (secondary N) is 1. The lowest BCUT2D eigenvalue weighted by Crippen LogP contribution is -2.44. The molecule has 0 saturated carbocycles. The molecule has 1 aliphatic heterocycles. The first-order chi connectivity index (χ1) is 10.3. The van der Waals surface area contributed by atoms with Crippen molar-refractivity contribution >= 4 is 44.8 Å². The average molecular weight is 365 g/mol. The van der Waals surface area contributed by atoms with Crippen LogP contribution in [0.5, 0.6) is 0 Å². The molecular weight excluding hydrogens is 347 g/mol. The van der Waals surface area contributed by atoms with Crippen molar-refractivity contribution < 1.29 is 13.2 Å². The van der Waals surface area contributed by atoms with Crippen LogP contribution in [-0.2, 0) is 14.8 Å². The first kappa shape index (κ1) is 17.5. The molecule has 1 aliphatic rings. The number of halogens is 2. The molecule has 8 heteroatoms. The Kier molecular flexibility index (Phi) is 5.71. The third-order valence-electron chi connectivity index (χ3n) is 3.70. The van der Waals surface area contributed by atoms with E-state index in [2.05, 4.69) is 5.32 Å². The smallest absolute Gasteiger partial charge is 0.228 e. The summed E-state index contributed by atoms with van der Waals surface area (Å²) >= 11 is 11.8. The van der Waals surface area contributed by atoms with Crippen LogP contribution < -0.4 is 5.32 Å². The number of benzene rings is 1. The summed E-state index contributed by atoms with van der Waals surface area (Å²) in [6.45, 7) is 2.29. The van der Waals surface area contributed by atoms with Gasteiger partial charge in [0.1, 0.15) is 0 Å². The third kappa shape index (κ3) is 4.13. The molecule has 122 valence electrons. The van der Waals surface area contributed by atoms with E-state index in [1.165, 1.54) is 4.31 Å². The normalized spacial score (nSPS) is 19.9. The van der Waals surface area contributed by atoms with Crippen LogP contribution in [0.15, 0.2) is 18.2 Å². The van der Waals surface area contributed by atoms with Gasteiger partial charge < -0.3 is 5.32 Å². The van der Waals surface area contributed by atoms with Gasteiger partial charge in [0.2, 0.25) is 15.9 Å². The zero-order valence-electron chi connectivity index (χ0n) is 12.2. The second-order valence-corrected chi connectivity index (χ2v) is 8.31. The number of sulfonamides is 1. The SMILES string of the molecule is CCS(=O)(=O)N1CCCC(C(=O)Nc2ccc(Cl)cc2Cl)C1. The second kappa shape index (κ2) is 7.17. The molecule has 1 heterocycles. The van der Waals surface area contributed by atoms with Crippen LogP contribution in [0.1, 0.15) is 19.8 Å². The van der Waals surface area contributed by atoms with Gasteiger partial charge in [-0.15, -0.1) is 0 Å². The average Bonchev–Trinajstić information content (AvgIpc) is 2.50. The molecule has 0 aromatic heterocycles. The predicted octanol–water partition coefficient (Wildman–Crippen LogP) is 2.99. The Morgan fingerprint density at radius 2 is 2.14 bits per heavy atom. The maximum Gasteiger partial charge on any atom is 0.228 e. The maximum absolute atomic E-state index is 12.3. The van der Waals surface area contributed by atoms with E-state index in [0.29, 0.717) is 35.1 Å². The molecular formula is C14H18Cl2N2O3S. The number of amides is 1. The number of carbonyl (C=O) groups excluding carboxylic acids is 1. The highest BCUT2D eigenvalue weighted by Crippen LogP contribution is 2.27. The molecule has 1 aromatic carbocycles. The summed E-state index contributed by atoms with van der Waals surface area (Å²) in [4.78, 5) is 12.3. The van der Waals surface area contributed by atoms with E-state index in [1.54, 1.807) is 25.1 Å². The summed E-state index contributed by atoms with van der Waals surface area (Å²) in [5.41, 5.74) is 0.478. The van der Waals surface area contributed by atoms with E-state index in [4.69, 9.17) is 23.2 Å². The molecule has 5 nitrogen and oxygen atoms in total. The van der Waals surface area contributed by atoms with Crippen LogP contribution in [0.4, 0.5) is 5.69 Å². The fraction of sp³-hybridized carbons (Fsp3) is 0.500. The van der Waals surface area contributed by atoms with E-state index in [1.807, 2.05) is 0 Å². The Bertz CT molecular complexity index is 664. The Balaban J connectivity index is 2.06. The van der Waals surface area contributed by atoms with E-state index in [0.717, 1.165) is 0 Å². The van der Waals surface area contributed by atoms with Gasteiger partial charge in [-0.05, 0) is 38.0 Å². The number of hydrogen-bond donors (Lipinski definition) is 1. The van der Waals surface area contributed by atoms with Gasteiger partial charge in [0.25, 0.3) is 0 Å². The summed E-state index contributed by atoms with van der Waals surface area (Å²) in [6.07, 6.45) is 1.33. The second-order valence-electron chi connectivity index (χ2n) is 5.21. The summed E-state index contributed by atoms with van der Waals surface area (Å²) in [7, 11) is -3.26. The van der Waals surface area contributed by atoms with Crippen molar-refractivity contribution in [1.29, 1.82) is 0 Å². The van der Waals surface area contributed by atoms with Crippen LogP contribution in [0.3, 0.4) is 0 Å². The molecule has 1 unspecified atom stereocenters. The van der Waals surface area contributed by atoms with Crippen molar-refractivity contribution in [2.24, 2.45) is 5.92 Å². The molecule has 0 radical (unpaired) electrons. The molecule has 1 fully saturated rings. The number of carbonyl (C=O) groups is 1. The van der Waals surface area contributed by atoms with Crippen LogP contribution in [0.25, 0.3) is 0 Å². The van der Waals surface area contributed by atoms with Crippen molar-refractivity contribution in [2.45, 2.75) is 19.8 Å². The topological polar surface area (TPSA) is 66.5 Å². The first-order valence-electron chi connectivity index (χ1n) is 7.07. The number of rotatable bonds is 4. The van der Waals surface area contributed by atoms with Gasteiger partial charge in [-0.1, -0.05) is 23.2 Å². The fourth-order valence-electron chi connectivity index (χ4n) is 2.42. The molecule has 0 bridgehead atoms. The standard InChI is InChI=1S/C14H18Cl2N2O3S/c1-2-22(20,21)18-7-3-4-10(9-18)14(19)17-13-6-5-11(15)8-12(13)16/h5-6,8,10H,2-4,7,9H2,1H3,(H,17,19). The van der Waals surface area contributed by atoms with Crippen LogP contribution in [0, 0.1) is 5.92 Å². The Morgan fingerprint density at radius 1 is 1.41 bits per heavy atom. The minimum absolute atomic E-state index is 0.0460. The number of nitrogens with zero attached hydrogens (tertiary/aromatic N) is 1. The van der Waals surface area contributed by atoms with Gasteiger partial charge in [-0.3, -0.25) is 4.79 Å². The van der Waals surface area contributed by atoms with Crippen LogP contribution in [0.2, 0.25) is 10.0 Å². The zero-order valence-corrected chi connectivity index (χ0v) is 14.5.